The summed E-state index contributed by atoms with van der Waals surface area (Å²) in [6, 6.07) is 8.22. The van der Waals surface area contributed by atoms with Crippen molar-refractivity contribution in [2.75, 3.05) is 18.4 Å². The van der Waals surface area contributed by atoms with E-state index in [9.17, 15) is 17.6 Å². The van der Waals surface area contributed by atoms with Crippen molar-refractivity contribution in [3.8, 4) is 0 Å². The van der Waals surface area contributed by atoms with Crippen molar-refractivity contribution < 1.29 is 17.6 Å². The third-order valence-corrected chi connectivity index (χ3v) is 6.26. The second kappa shape index (κ2) is 8.16. The topological polar surface area (TPSA) is 66.5 Å². The molecule has 140 valence electrons. The number of rotatable bonds is 6. The molecule has 0 bridgehead atoms. The zero-order valence-electron chi connectivity index (χ0n) is 14.7. The van der Waals surface area contributed by atoms with E-state index >= 15 is 0 Å². The molecular weight excluding hydrogens is 379 g/mol. The summed E-state index contributed by atoms with van der Waals surface area (Å²) in [5, 5.41) is 2.66. The third-order valence-electron chi connectivity index (χ3n) is 3.98. The van der Waals surface area contributed by atoms with Gasteiger partial charge in [-0.3, -0.25) is 4.79 Å². The molecule has 2 rings (SSSR count). The Labute approximate surface area is 157 Å². The smallest absolute Gasteiger partial charge is 0.256 e. The molecule has 0 saturated heterocycles. The first-order chi connectivity index (χ1) is 12.2. The normalized spacial score (nSPS) is 11.6. The molecule has 1 N–H and O–H groups in total. The van der Waals surface area contributed by atoms with Crippen LogP contribution in [0.15, 0.2) is 41.3 Å². The molecule has 0 heterocycles. The summed E-state index contributed by atoms with van der Waals surface area (Å²) >= 11 is 5.70. The summed E-state index contributed by atoms with van der Waals surface area (Å²) in [5.74, 6) is -1.27. The summed E-state index contributed by atoms with van der Waals surface area (Å²) in [6.07, 6.45) is 0. The third kappa shape index (κ3) is 4.23. The second-order valence-electron chi connectivity index (χ2n) is 5.64. The Bertz CT molecular complexity index is 928. The number of anilines is 1. The number of amides is 1. The van der Waals surface area contributed by atoms with Crippen LogP contribution in [0.1, 0.15) is 29.8 Å². The molecule has 26 heavy (non-hydrogen) atoms. The number of nitrogens with zero attached hydrogens (tertiary/aromatic N) is 1. The lowest BCUT2D eigenvalue weighted by atomic mass is 10.1. The van der Waals surface area contributed by atoms with Crippen LogP contribution in [0.5, 0.6) is 0 Å². The van der Waals surface area contributed by atoms with Crippen molar-refractivity contribution in [1.82, 2.24) is 4.31 Å². The quantitative estimate of drug-likeness (QED) is 0.797. The number of benzene rings is 2. The molecule has 2 aromatic rings. The number of nitrogens with one attached hydrogen (secondary N) is 1. The largest absolute Gasteiger partial charge is 0.319 e. The fourth-order valence-corrected chi connectivity index (χ4v) is 4.14. The molecule has 0 radical (unpaired) electrons. The molecule has 0 aliphatic rings. The van der Waals surface area contributed by atoms with Gasteiger partial charge < -0.3 is 5.32 Å². The van der Waals surface area contributed by atoms with E-state index in [1.165, 1.54) is 28.6 Å². The van der Waals surface area contributed by atoms with E-state index in [0.29, 0.717) is 18.7 Å². The van der Waals surface area contributed by atoms with E-state index < -0.39 is 21.7 Å². The Morgan fingerprint density at radius 1 is 1.15 bits per heavy atom. The Hall–Kier alpha value is -1.96. The summed E-state index contributed by atoms with van der Waals surface area (Å²) in [6.45, 7) is 5.81. The van der Waals surface area contributed by atoms with Crippen molar-refractivity contribution in [3.05, 3.63) is 58.4 Å². The van der Waals surface area contributed by atoms with E-state index in [1.54, 1.807) is 26.8 Å². The SMILES string of the molecule is CCN(CC)S(=O)(=O)c1ccc(C)c(C(=O)Nc2ccc(Cl)cc2F)c1. The number of aryl methyl sites for hydroxylation is 1. The minimum Gasteiger partial charge on any atom is -0.319 e. The van der Waals surface area contributed by atoms with Gasteiger partial charge in [0, 0.05) is 23.7 Å². The zero-order chi connectivity index (χ0) is 19.5. The molecule has 8 heteroatoms. The molecule has 0 fully saturated rings. The number of carbonyl (C=O) groups is 1. The van der Waals surface area contributed by atoms with Gasteiger partial charge in [0.15, 0.2) is 0 Å². The molecule has 5 nitrogen and oxygen atoms in total. The van der Waals surface area contributed by atoms with Crippen molar-refractivity contribution in [3.63, 3.8) is 0 Å². The Morgan fingerprint density at radius 3 is 2.38 bits per heavy atom. The fraction of sp³-hybridized carbons (Fsp3) is 0.278. The van der Waals surface area contributed by atoms with Crippen LogP contribution in [-0.4, -0.2) is 31.7 Å². The van der Waals surface area contributed by atoms with Crippen LogP contribution in [0.4, 0.5) is 10.1 Å². The first-order valence-electron chi connectivity index (χ1n) is 8.07. The lowest BCUT2D eigenvalue weighted by molar-refractivity contribution is 0.102. The molecule has 0 saturated carbocycles. The van der Waals surface area contributed by atoms with Crippen molar-refractivity contribution in [1.29, 1.82) is 0 Å². The molecule has 2 aromatic carbocycles. The number of sulfonamides is 1. The van der Waals surface area contributed by atoms with E-state index in [1.807, 2.05) is 0 Å². The van der Waals surface area contributed by atoms with Crippen molar-refractivity contribution >= 4 is 33.2 Å². The van der Waals surface area contributed by atoms with Crippen LogP contribution in [0, 0.1) is 12.7 Å². The first kappa shape index (κ1) is 20.4. The lowest BCUT2D eigenvalue weighted by Gasteiger charge is -2.19. The van der Waals surface area contributed by atoms with E-state index in [4.69, 9.17) is 11.6 Å². The predicted octanol–water partition coefficient (Wildman–Crippen LogP) is 4.07. The van der Waals surface area contributed by atoms with Gasteiger partial charge in [0.2, 0.25) is 10.0 Å². The number of carbonyl (C=O) groups excluding carboxylic acids is 1. The molecular formula is C18H20ClFN2O3S. The van der Waals surface area contributed by atoms with Crippen LogP contribution in [0.25, 0.3) is 0 Å². The van der Waals surface area contributed by atoms with Gasteiger partial charge in [-0.25, -0.2) is 12.8 Å². The maximum Gasteiger partial charge on any atom is 0.256 e. The molecule has 1 amide bonds. The second-order valence-corrected chi connectivity index (χ2v) is 8.02. The molecule has 0 aromatic heterocycles. The highest BCUT2D eigenvalue weighted by Gasteiger charge is 2.23. The van der Waals surface area contributed by atoms with Crippen molar-refractivity contribution in [2.45, 2.75) is 25.7 Å². The summed E-state index contributed by atoms with van der Waals surface area (Å²) in [4.78, 5) is 12.6. The maximum absolute atomic E-state index is 13.9. The Morgan fingerprint density at radius 2 is 1.81 bits per heavy atom. The standard InChI is InChI=1S/C18H20ClFN2O3S/c1-4-22(5-2)26(24,25)14-8-6-12(3)15(11-14)18(23)21-17-9-7-13(19)10-16(17)20/h6-11H,4-5H2,1-3H3,(H,21,23). The molecule has 0 spiro atoms. The molecule has 0 aliphatic heterocycles. The van der Waals surface area contributed by atoms with Crippen LogP contribution in [0.3, 0.4) is 0 Å². The highest BCUT2D eigenvalue weighted by Crippen LogP contribution is 2.23. The lowest BCUT2D eigenvalue weighted by Crippen LogP contribution is -2.30. The van der Waals surface area contributed by atoms with Gasteiger partial charge in [-0.2, -0.15) is 4.31 Å². The number of hydrogen-bond acceptors (Lipinski definition) is 3. The molecule has 0 unspecified atom stereocenters. The van der Waals surface area contributed by atoms with E-state index in [0.717, 1.165) is 6.07 Å². The minimum atomic E-state index is -3.70. The first-order valence-corrected chi connectivity index (χ1v) is 9.89. The average molecular weight is 399 g/mol. The Balaban J connectivity index is 2.39. The van der Waals surface area contributed by atoms with Gasteiger partial charge in [0.1, 0.15) is 5.82 Å². The maximum atomic E-state index is 13.9. The highest BCUT2D eigenvalue weighted by molar-refractivity contribution is 7.89. The minimum absolute atomic E-state index is 0.0218. The summed E-state index contributed by atoms with van der Waals surface area (Å²) in [7, 11) is -3.70. The van der Waals surface area contributed by atoms with Gasteiger partial charge in [0.25, 0.3) is 5.91 Å². The van der Waals surface area contributed by atoms with Gasteiger partial charge in [-0.1, -0.05) is 31.5 Å². The van der Waals surface area contributed by atoms with E-state index in [2.05, 4.69) is 5.32 Å². The van der Waals surface area contributed by atoms with Crippen LogP contribution in [-0.2, 0) is 10.0 Å². The van der Waals surface area contributed by atoms with Gasteiger partial charge in [0.05, 0.1) is 10.6 Å². The van der Waals surface area contributed by atoms with E-state index in [-0.39, 0.29) is 21.2 Å². The summed E-state index contributed by atoms with van der Waals surface area (Å²) < 4.78 is 40.5. The van der Waals surface area contributed by atoms with Gasteiger partial charge in [-0.05, 0) is 42.8 Å². The zero-order valence-corrected chi connectivity index (χ0v) is 16.3. The predicted molar refractivity (Wildman–Crippen MR) is 101 cm³/mol. The molecule has 0 atom stereocenters. The average Bonchev–Trinajstić information content (AvgIpc) is 2.58. The van der Waals surface area contributed by atoms with Crippen LogP contribution < -0.4 is 5.32 Å². The Kier molecular flexibility index (Phi) is 6.39. The number of halogens is 2. The van der Waals surface area contributed by atoms with Crippen molar-refractivity contribution in [2.24, 2.45) is 0 Å². The van der Waals surface area contributed by atoms with Gasteiger partial charge in [-0.15, -0.1) is 0 Å². The monoisotopic (exact) mass is 398 g/mol. The number of hydrogen-bond donors (Lipinski definition) is 1. The molecule has 0 aliphatic carbocycles. The fourth-order valence-electron chi connectivity index (χ4n) is 2.50. The van der Waals surface area contributed by atoms with Crippen LogP contribution in [0.2, 0.25) is 5.02 Å². The van der Waals surface area contributed by atoms with Gasteiger partial charge >= 0.3 is 0 Å². The summed E-state index contributed by atoms with van der Waals surface area (Å²) in [5.41, 5.74) is 0.707. The highest BCUT2D eigenvalue weighted by atomic mass is 35.5. The van der Waals surface area contributed by atoms with Crippen LogP contribution >= 0.6 is 11.6 Å².